The Labute approximate surface area is 203 Å². The minimum absolute atomic E-state index is 0.163. The number of aromatic nitrogens is 6. The van der Waals surface area contributed by atoms with Crippen molar-refractivity contribution in [3.8, 4) is 11.3 Å². The zero-order valence-corrected chi connectivity index (χ0v) is 20.2. The van der Waals surface area contributed by atoms with Crippen LogP contribution in [0.3, 0.4) is 0 Å². The molecule has 0 radical (unpaired) electrons. The molecule has 0 bridgehead atoms. The molecule has 4 aromatic rings. The van der Waals surface area contributed by atoms with Crippen molar-refractivity contribution < 1.29 is 14.2 Å². The monoisotopic (exact) mass is 484 g/mol. The van der Waals surface area contributed by atoms with E-state index in [1.807, 2.05) is 25.1 Å². The Kier molecular flexibility index (Phi) is 8.09. The van der Waals surface area contributed by atoms with Gasteiger partial charge in [0.15, 0.2) is 11.5 Å². The summed E-state index contributed by atoms with van der Waals surface area (Å²) in [5, 5.41) is 15.7. The average molecular weight is 485 g/mol. The molecule has 4 N–H and O–H groups in total. The Morgan fingerprint density at radius 3 is 2.69 bits per heavy atom. The summed E-state index contributed by atoms with van der Waals surface area (Å²) in [7, 11) is 1.77. The topological polar surface area (TPSA) is 128 Å². The number of aryl methyl sites for hydroxylation is 2. The average Bonchev–Trinajstić information content (AvgIpc) is 3.43. The molecule has 10 nitrogen and oxygen atoms in total. The van der Waals surface area contributed by atoms with Crippen LogP contribution >= 0.6 is 0 Å². The first-order valence-corrected chi connectivity index (χ1v) is 12.0. The number of fused-ring (bicyclic) bond motifs is 2. The lowest BCUT2D eigenvalue weighted by molar-refractivity contribution is 0.00882. The van der Waals surface area contributed by atoms with Crippen molar-refractivity contribution in [2.45, 2.75) is 51.7 Å². The van der Waals surface area contributed by atoms with Gasteiger partial charge in [0, 0.05) is 18.8 Å². The van der Waals surface area contributed by atoms with E-state index in [4.69, 9.17) is 20.6 Å². The second-order valence-electron chi connectivity index (χ2n) is 8.48. The third-order valence-electron chi connectivity index (χ3n) is 6.13. The lowest BCUT2D eigenvalue weighted by Crippen LogP contribution is -2.18. The van der Waals surface area contributed by atoms with Crippen LogP contribution in [0, 0.1) is 6.92 Å². The number of alkyl halides is 1. The van der Waals surface area contributed by atoms with E-state index < -0.39 is 6.67 Å². The number of hydrogen-bond acceptors (Lipinski definition) is 8. The fraction of sp³-hybridized carbons (Fsp3) is 0.500. The number of nitrogen functional groups attached to an aromatic ring is 1. The van der Waals surface area contributed by atoms with Gasteiger partial charge >= 0.3 is 0 Å². The van der Waals surface area contributed by atoms with Gasteiger partial charge in [-0.05, 0) is 38.0 Å². The molecule has 1 fully saturated rings. The smallest absolute Gasteiger partial charge is 0.240 e. The minimum Gasteiger partial charge on any atom is -0.394 e. The molecule has 4 heterocycles. The van der Waals surface area contributed by atoms with Crippen molar-refractivity contribution in [2.24, 2.45) is 0 Å². The second kappa shape index (κ2) is 11.4. The highest BCUT2D eigenvalue weighted by Crippen LogP contribution is 2.30. The predicted octanol–water partition coefficient (Wildman–Crippen LogP) is 3.37. The highest BCUT2D eigenvalue weighted by atomic mass is 19.1. The summed E-state index contributed by atoms with van der Waals surface area (Å²) in [4.78, 5) is 13.4. The normalized spacial score (nSPS) is 14.3. The van der Waals surface area contributed by atoms with E-state index in [0.29, 0.717) is 24.2 Å². The minimum atomic E-state index is -0.468. The van der Waals surface area contributed by atoms with Crippen LogP contribution in [0.25, 0.3) is 27.9 Å². The largest absolute Gasteiger partial charge is 0.394 e. The van der Waals surface area contributed by atoms with Crippen molar-refractivity contribution in [1.82, 2.24) is 29.1 Å². The molecule has 11 heteroatoms. The third kappa shape index (κ3) is 5.51. The second-order valence-corrected chi connectivity index (χ2v) is 8.48. The van der Waals surface area contributed by atoms with Gasteiger partial charge in [0.1, 0.15) is 23.5 Å². The Morgan fingerprint density at radius 1 is 1.17 bits per heavy atom. The number of imidazole rings is 1. The van der Waals surface area contributed by atoms with Gasteiger partial charge in [-0.2, -0.15) is 4.98 Å². The molecule has 1 aliphatic rings. The van der Waals surface area contributed by atoms with Crippen LogP contribution in [-0.4, -0.2) is 67.3 Å². The molecule has 4 aromatic heterocycles. The van der Waals surface area contributed by atoms with Crippen LogP contribution in [-0.2, 0) is 11.3 Å². The lowest BCUT2D eigenvalue weighted by atomic mass is 9.98. The molecule has 0 saturated heterocycles. The van der Waals surface area contributed by atoms with Gasteiger partial charge in [-0.15, -0.1) is 5.10 Å². The van der Waals surface area contributed by atoms with Gasteiger partial charge in [0.25, 0.3) is 0 Å². The van der Waals surface area contributed by atoms with Gasteiger partial charge < -0.3 is 25.5 Å². The summed E-state index contributed by atoms with van der Waals surface area (Å²) >= 11 is 0. The van der Waals surface area contributed by atoms with E-state index in [-0.39, 0.29) is 19.1 Å². The van der Waals surface area contributed by atoms with Crippen molar-refractivity contribution in [3.63, 3.8) is 0 Å². The zero-order valence-electron chi connectivity index (χ0n) is 20.2. The van der Waals surface area contributed by atoms with E-state index in [0.717, 1.165) is 28.1 Å². The Balaban J connectivity index is 0.000000243. The molecule has 0 aliphatic heterocycles. The Bertz CT molecular complexity index is 1270. The molecule has 5 rings (SSSR count). The molecule has 0 aromatic carbocycles. The maximum atomic E-state index is 12.9. The van der Waals surface area contributed by atoms with Gasteiger partial charge in [0.2, 0.25) is 5.95 Å². The molecule has 0 spiro atoms. The molecule has 1 aliphatic carbocycles. The van der Waals surface area contributed by atoms with E-state index in [1.54, 1.807) is 22.3 Å². The summed E-state index contributed by atoms with van der Waals surface area (Å²) in [6.07, 6.45) is 8.60. The molecule has 1 saturated carbocycles. The van der Waals surface area contributed by atoms with E-state index in [2.05, 4.69) is 20.4 Å². The summed E-state index contributed by atoms with van der Waals surface area (Å²) in [5.74, 6) is 1.54. The predicted molar refractivity (Wildman–Crippen MR) is 134 cm³/mol. The number of anilines is 2. The molecular weight excluding hydrogens is 451 g/mol. The van der Waals surface area contributed by atoms with Crippen LogP contribution in [0.1, 0.15) is 37.9 Å². The standard InChI is InChI=1S/C16H17FN8.C8H16O2/c1-9-20-12-4-3-11(21-15(12)24(9)8-6-17)10-5-7-25-13(10)14(19-2)22-16(18)23-25;9-6-7-10-8-4-2-1-3-5-8/h3-5,7H,6,8H2,1-2H3,(H3,18,19,22,23);8-9H,1-7H2. The number of nitrogens with zero attached hydrogens (tertiary/aromatic N) is 6. The van der Waals surface area contributed by atoms with Crippen molar-refractivity contribution in [2.75, 3.05) is 38.0 Å². The maximum absolute atomic E-state index is 12.9. The first-order chi connectivity index (χ1) is 17.0. The molecule has 188 valence electrons. The fourth-order valence-electron chi connectivity index (χ4n) is 4.49. The van der Waals surface area contributed by atoms with Gasteiger partial charge in [-0.25, -0.2) is 18.9 Å². The summed E-state index contributed by atoms with van der Waals surface area (Å²) in [5.41, 5.74) is 9.51. The zero-order chi connectivity index (χ0) is 24.8. The van der Waals surface area contributed by atoms with Crippen LogP contribution in [0.5, 0.6) is 0 Å². The number of ether oxygens (including phenoxy) is 1. The number of rotatable bonds is 7. The first-order valence-electron chi connectivity index (χ1n) is 12.0. The van der Waals surface area contributed by atoms with Crippen molar-refractivity contribution in [1.29, 1.82) is 0 Å². The highest BCUT2D eigenvalue weighted by molar-refractivity contribution is 5.89. The van der Waals surface area contributed by atoms with Gasteiger partial charge in [0.05, 0.1) is 31.6 Å². The Hall–Kier alpha value is -3.31. The third-order valence-corrected chi connectivity index (χ3v) is 6.13. The number of pyridine rings is 1. The number of nitrogens with one attached hydrogen (secondary N) is 1. The number of aliphatic hydroxyl groups is 1. The number of hydrogen-bond donors (Lipinski definition) is 3. The maximum Gasteiger partial charge on any atom is 0.240 e. The SMILES string of the molecule is CNc1nc(N)nn2ccc(-c3ccc4nc(C)n(CCF)c4n3)c12.OCCOC1CCCCC1. The highest BCUT2D eigenvalue weighted by Gasteiger charge is 2.16. The first kappa shape index (κ1) is 24.8. The van der Waals surface area contributed by atoms with E-state index >= 15 is 0 Å². The van der Waals surface area contributed by atoms with Crippen molar-refractivity contribution >= 4 is 28.4 Å². The number of aliphatic hydroxyl groups excluding tert-OH is 1. The lowest BCUT2D eigenvalue weighted by Gasteiger charge is -2.21. The number of halogens is 1. The van der Waals surface area contributed by atoms with Gasteiger partial charge in [-0.1, -0.05) is 19.3 Å². The van der Waals surface area contributed by atoms with Crippen LogP contribution in [0.2, 0.25) is 0 Å². The van der Waals surface area contributed by atoms with Crippen LogP contribution in [0.15, 0.2) is 24.4 Å². The van der Waals surface area contributed by atoms with Crippen LogP contribution in [0.4, 0.5) is 16.2 Å². The molecule has 35 heavy (non-hydrogen) atoms. The quantitative estimate of drug-likeness (QED) is 0.364. The summed E-state index contributed by atoms with van der Waals surface area (Å²) < 4.78 is 21.7. The molecular formula is C24H33FN8O2. The van der Waals surface area contributed by atoms with E-state index in [9.17, 15) is 4.39 Å². The fourth-order valence-corrected chi connectivity index (χ4v) is 4.49. The van der Waals surface area contributed by atoms with Crippen LogP contribution < -0.4 is 11.1 Å². The Morgan fingerprint density at radius 2 is 1.97 bits per heavy atom. The molecule has 0 unspecified atom stereocenters. The molecule has 0 amide bonds. The summed E-state index contributed by atoms with van der Waals surface area (Å²) in [6.45, 7) is 2.29. The van der Waals surface area contributed by atoms with Gasteiger partial charge in [-0.3, -0.25) is 0 Å². The number of nitrogens with two attached hydrogens (primary N) is 1. The summed E-state index contributed by atoms with van der Waals surface area (Å²) in [6, 6.07) is 5.68. The molecule has 0 atom stereocenters. The van der Waals surface area contributed by atoms with Crippen molar-refractivity contribution in [3.05, 3.63) is 30.2 Å². The van der Waals surface area contributed by atoms with E-state index in [1.165, 1.54) is 32.1 Å².